The Kier molecular flexibility index (Phi) is 7.72. The van der Waals surface area contributed by atoms with Gasteiger partial charge in [-0.3, -0.25) is 29.4 Å². The first-order valence-electron chi connectivity index (χ1n) is 9.80. The Bertz CT molecular complexity index is 746. The minimum Gasteiger partial charge on any atom is -0.490 e. The number of amides is 4. The number of ether oxygens (including phenoxy) is 1. The third-order valence-electron chi connectivity index (χ3n) is 4.97. The van der Waals surface area contributed by atoms with Crippen molar-refractivity contribution in [1.82, 2.24) is 10.2 Å². The van der Waals surface area contributed by atoms with E-state index < -0.39 is 23.8 Å². The minimum absolute atomic E-state index is 0.0583. The fourth-order valence-electron chi connectivity index (χ4n) is 3.22. The van der Waals surface area contributed by atoms with Crippen molar-refractivity contribution in [3.8, 4) is 5.75 Å². The maximum Gasteiger partial charge on any atom is 0.261 e. The highest BCUT2D eigenvalue weighted by Gasteiger charge is 2.35. The highest BCUT2D eigenvalue weighted by molar-refractivity contribution is 6.07. The molecule has 0 aromatic heterocycles. The molecule has 0 spiro atoms. The van der Waals surface area contributed by atoms with Crippen LogP contribution in [0.3, 0.4) is 0 Å². The monoisotopic (exact) mass is 388 g/mol. The number of nitrogens with one attached hydrogen (secondary N) is 1. The summed E-state index contributed by atoms with van der Waals surface area (Å²) in [5.74, 6) is -1.05. The Morgan fingerprint density at radius 2 is 2.11 bits per heavy atom. The van der Waals surface area contributed by atoms with Crippen molar-refractivity contribution < 1.29 is 23.9 Å². The number of imide groups is 2. The molecule has 4 amide bonds. The van der Waals surface area contributed by atoms with Crippen molar-refractivity contribution in [2.45, 2.75) is 71.4 Å². The van der Waals surface area contributed by atoms with Gasteiger partial charge in [0.05, 0.1) is 6.10 Å². The van der Waals surface area contributed by atoms with Crippen molar-refractivity contribution in [1.29, 1.82) is 0 Å². The number of benzene rings is 1. The zero-order valence-corrected chi connectivity index (χ0v) is 16.7. The Labute approximate surface area is 165 Å². The summed E-state index contributed by atoms with van der Waals surface area (Å²) in [6, 6.07) is 4.20. The fraction of sp³-hybridized carbons (Fsp3) is 0.524. The molecule has 2 rings (SSSR count). The first-order chi connectivity index (χ1) is 13.4. The molecule has 2 unspecified atom stereocenters. The molecule has 1 heterocycles. The molecule has 0 saturated carbocycles. The normalized spacial score (nSPS) is 17.6. The van der Waals surface area contributed by atoms with Crippen LogP contribution in [0.5, 0.6) is 5.75 Å². The molecule has 0 bridgehead atoms. The van der Waals surface area contributed by atoms with Crippen LogP contribution in [0.15, 0.2) is 18.2 Å². The first-order valence-corrected chi connectivity index (χ1v) is 9.80. The lowest BCUT2D eigenvalue weighted by Crippen LogP contribution is -2.53. The van der Waals surface area contributed by atoms with Crippen molar-refractivity contribution in [3.63, 3.8) is 0 Å². The van der Waals surface area contributed by atoms with Crippen LogP contribution in [0.2, 0.25) is 0 Å². The highest BCUT2D eigenvalue weighted by atomic mass is 16.5. The number of hydrogen-bond acceptors (Lipinski definition) is 5. The number of carbonyl (C=O) groups is 4. The van der Waals surface area contributed by atoms with Crippen LogP contribution < -0.4 is 10.1 Å². The van der Waals surface area contributed by atoms with E-state index in [-0.39, 0.29) is 18.9 Å². The zero-order valence-electron chi connectivity index (χ0n) is 16.7. The maximum atomic E-state index is 13.0. The van der Waals surface area contributed by atoms with Gasteiger partial charge < -0.3 is 4.74 Å². The van der Waals surface area contributed by atoms with Crippen LogP contribution in [-0.2, 0) is 14.4 Å². The predicted molar refractivity (Wildman–Crippen MR) is 104 cm³/mol. The van der Waals surface area contributed by atoms with Gasteiger partial charge in [0, 0.05) is 12.0 Å². The quantitative estimate of drug-likeness (QED) is 0.519. The van der Waals surface area contributed by atoms with E-state index >= 15 is 0 Å². The topological polar surface area (TPSA) is 92.8 Å². The summed E-state index contributed by atoms with van der Waals surface area (Å²) in [6.45, 7) is 5.94. The van der Waals surface area contributed by atoms with Gasteiger partial charge in [-0.1, -0.05) is 32.8 Å². The summed E-state index contributed by atoms with van der Waals surface area (Å²) in [6.07, 6.45) is 4.55. The van der Waals surface area contributed by atoms with Gasteiger partial charge in [-0.15, -0.1) is 0 Å². The standard InChI is InChI=1S/C21H28N2O5/c1-4-6-7-15(5-2)28-16-9-8-14(3)17(12-16)21(27)23(13-24)18-10-11-19(25)22-20(18)26/h8-9,12-13,15,18H,4-7,10-11H2,1-3H3,(H,22,25,26). The van der Waals surface area contributed by atoms with E-state index in [4.69, 9.17) is 4.74 Å². The third-order valence-corrected chi connectivity index (χ3v) is 4.97. The average molecular weight is 388 g/mol. The summed E-state index contributed by atoms with van der Waals surface area (Å²) >= 11 is 0. The van der Waals surface area contributed by atoms with E-state index in [0.717, 1.165) is 30.6 Å². The first kappa shape index (κ1) is 21.6. The van der Waals surface area contributed by atoms with Gasteiger partial charge >= 0.3 is 0 Å². The molecule has 1 fully saturated rings. The molecule has 1 aliphatic heterocycles. The van der Waals surface area contributed by atoms with Crippen LogP contribution in [0.25, 0.3) is 0 Å². The molecule has 1 aliphatic rings. The molecular formula is C21H28N2O5. The van der Waals surface area contributed by atoms with E-state index in [1.54, 1.807) is 25.1 Å². The zero-order chi connectivity index (χ0) is 20.7. The molecule has 1 aromatic carbocycles. The van der Waals surface area contributed by atoms with Gasteiger partial charge in [-0.2, -0.15) is 0 Å². The summed E-state index contributed by atoms with van der Waals surface area (Å²) < 4.78 is 6.02. The van der Waals surface area contributed by atoms with Gasteiger partial charge in [0.2, 0.25) is 18.2 Å². The van der Waals surface area contributed by atoms with E-state index in [9.17, 15) is 19.2 Å². The third kappa shape index (κ3) is 5.18. The summed E-state index contributed by atoms with van der Waals surface area (Å²) in [7, 11) is 0. The molecule has 2 atom stereocenters. The molecule has 7 heteroatoms. The maximum absolute atomic E-state index is 13.0. The average Bonchev–Trinajstić information content (AvgIpc) is 2.68. The molecule has 1 aromatic rings. The van der Waals surface area contributed by atoms with Crippen LogP contribution in [0.1, 0.15) is 68.3 Å². The lowest BCUT2D eigenvalue weighted by Gasteiger charge is -2.29. The summed E-state index contributed by atoms with van der Waals surface area (Å²) in [4.78, 5) is 48.8. The molecule has 7 nitrogen and oxygen atoms in total. The predicted octanol–water partition coefficient (Wildman–Crippen LogP) is 2.75. The van der Waals surface area contributed by atoms with Crippen LogP contribution in [-0.4, -0.2) is 41.2 Å². The summed E-state index contributed by atoms with van der Waals surface area (Å²) in [5, 5.41) is 2.17. The van der Waals surface area contributed by atoms with Crippen molar-refractivity contribution >= 4 is 24.1 Å². The van der Waals surface area contributed by atoms with Gasteiger partial charge in [0.15, 0.2) is 0 Å². The number of carbonyl (C=O) groups excluding carboxylic acids is 4. The molecule has 0 aliphatic carbocycles. The molecular weight excluding hydrogens is 360 g/mol. The molecule has 28 heavy (non-hydrogen) atoms. The fourth-order valence-corrected chi connectivity index (χ4v) is 3.22. The second-order valence-electron chi connectivity index (χ2n) is 7.05. The molecule has 1 saturated heterocycles. The van der Waals surface area contributed by atoms with E-state index in [0.29, 0.717) is 23.3 Å². The molecule has 152 valence electrons. The lowest BCUT2D eigenvalue weighted by atomic mass is 10.0. The Morgan fingerprint density at radius 1 is 1.36 bits per heavy atom. The van der Waals surface area contributed by atoms with E-state index in [1.165, 1.54) is 0 Å². The minimum atomic E-state index is -0.986. The molecule has 0 radical (unpaired) electrons. The molecule has 1 N–H and O–H groups in total. The van der Waals surface area contributed by atoms with Crippen LogP contribution in [0, 0.1) is 6.92 Å². The van der Waals surface area contributed by atoms with Crippen molar-refractivity contribution in [2.75, 3.05) is 0 Å². The van der Waals surface area contributed by atoms with Gasteiger partial charge in [-0.25, -0.2) is 0 Å². The number of hydrogen-bond donors (Lipinski definition) is 1. The number of piperidine rings is 1. The Balaban J connectivity index is 2.22. The van der Waals surface area contributed by atoms with Crippen molar-refractivity contribution in [2.24, 2.45) is 0 Å². The van der Waals surface area contributed by atoms with Gasteiger partial charge in [-0.05, 0) is 43.9 Å². The Hall–Kier alpha value is -2.70. The Morgan fingerprint density at radius 3 is 2.71 bits per heavy atom. The number of rotatable bonds is 9. The number of aryl methyl sites for hydroxylation is 1. The largest absolute Gasteiger partial charge is 0.490 e. The lowest BCUT2D eigenvalue weighted by molar-refractivity contribution is -0.139. The van der Waals surface area contributed by atoms with Gasteiger partial charge in [0.1, 0.15) is 11.8 Å². The highest BCUT2D eigenvalue weighted by Crippen LogP contribution is 2.23. The van der Waals surface area contributed by atoms with Gasteiger partial charge in [0.25, 0.3) is 5.91 Å². The van der Waals surface area contributed by atoms with Crippen molar-refractivity contribution in [3.05, 3.63) is 29.3 Å². The van der Waals surface area contributed by atoms with Crippen LogP contribution in [0.4, 0.5) is 0 Å². The smallest absolute Gasteiger partial charge is 0.261 e. The number of nitrogens with zero attached hydrogens (tertiary/aromatic N) is 1. The second kappa shape index (κ2) is 10.0. The SMILES string of the molecule is CCCCC(CC)Oc1ccc(C)c(C(=O)N(C=O)C2CCC(=O)NC2=O)c1. The second-order valence-corrected chi connectivity index (χ2v) is 7.05. The van der Waals surface area contributed by atoms with E-state index in [1.807, 2.05) is 0 Å². The van der Waals surface area contributed by atoms with E-state index in [2.05, 4.69) is 19.2 Å². The van der Waals surface area contributed by atoms with Crippen LogP contribution >= 0.6 is 0 Å². The summed E-state index contributed by atoms with van der Waals surface area (Å²) in [5.41, 5.74) is 0.984. The number of unbranched alkanes of at least 4 members (excludes halogenated alkanes) is 1.